The van der Waals surface area contributed by atoms with Crippen molar-refractivity contribution in [3.05, 3.63) is 29.8 Å². The third-order valence-electron chi connectivity index (χ3n) is 2.47. The van der Waals surface area contributed by atoms with Crippen LogP contribution in [0.15, 0.2) is 29.2 Å². The van der Waals surface area contributed by atoms with Crippen LogP contribution < -0.4 is 11.1 Å². The van der Waals surface area contributed by atoms with Crippen LogP contribution in [-0.4, -0.2) is 18.4 Å². The van der Waals surface area contributed by atoms with Crippen LogP contribution in [0.5, 0.6) is 0 Å². The number of hydrogen-bond acceptors (Lipinski definition) is 3. The van der Waals surface area contributed by atoms with E-state index in [0.29, 0.717) is 25.8 Å². The number of rotatable bonds is 7. The number of amides is 2. The zero-order valence-electron chi connectivity index (χ0n) is 10.2. The van der Waals surface area contributed by atoms with E-state index in [9.17, 15) is 9.59 Å². The van der Waals surface area contributed by atoms with Gasteiger partial charge in [0, 0.05) is 17.9 Å². The number of carbonyl (C=O) groups is 2. The van der Waals surface area contributed by atoms with Crippen molar-refractivity contribution in [2.45, 2.75) is 30.6 Å². The maximum Gasteiger partial charge on any atom is 0.224 e. The fraction of sp³-hybridized carbons (Fsp3) is 0.385. The van der Waals surface area contributed by atoms with Gasteiger partial charge in [-0.15, -0.1) is 12.6 Å². The van der Waals surface area contributed by atoms with Crippen LogP contribution in [0.1, 0.15) is 24.8 Å². The van der Waals surface area contributed by atoms with Crippen molar-refractivity contribution in [3.8, 4) is 0 Å². The summed E-state index contributed by atoms with van der Waals surface area (Å²) < 4.78 is 0. The number of benzene rings is 1. The molecule has 0 fully saturated rings. The van der Waals surface area contributed by atoms with Crippen molar-refractivity contribution >= 4 is 24.4 Å². The quantitative estimate of drug-likeness (QED) is 0.514. The van der Waals surface area contributed by atoms with Gasteiger partial charge in [-0.1, -0.05) is 12.1 Å². The lowest BCUT2D eigenvalue weighted by Crippen LogP contribution is -2.26. The zero-order chi connectivity index (χ0) is 13.4. The van der Waals surface area contributed by atoms with Gasteiger partial charge >= 0.3 is 0 Å². The first-order valence-corrected chi connectivity index (χ1v) is 6.35. The van der Waals surface area contributed by atoms with Gasteiger partial charge in [-0.25, -0.2) is 0 Å². The van der Waals surface area contributed by atoms with E-state index in [0.717, 1.165) is 16.9 Å². The molecule has 3 N–H and O–H groups in total. The highest BCUT2D eigenvalue weighted by atomic mass is 32.1. The molecule has 0 saturated carbocycles. The molecule has 1 aromatic carbocycles. The van der Waals surface area contributed by atoms with Gasteiger partial charge in [0.15, 0.2) is 0 Å². The normalized spacial score (nSPS) is 10.1. The van der Waals surface area contributed by atoms with E-state index in [1.54, 1.807) is 0 Å². The number of primary amides is 1. The summed E-state index contributed by atoms with van der Waals surface area (Å²) in [4.78, 5) is 22.9. The number of nitrogens with two attached hydrogens (primary N) is 1. The Bertz CT molecular complexity index is 404. The number of nitrogens with one attached hydrogen (secondary N) is 1. The van der Waals surface area contributed by atoms with Crippen LogP contribution in [0.4, 0.5) is 0 Å². The van der Waals surface area contributed by atoms with Gasteiger partial charge < -0.3 is 11.1 Å². The van der Waals surface area contributed by atoms with Gasteiger partial charge in [-0.3, -0.25) is 9.59 Å². The molecular formula is C13H18N2O2S. The molecule has 0 aliphatic heterocycles. The molecule has 1 rings (SSSR count). The van der Waals surface area contributed by atoms with Crippen molar-refractivity contribution in [1.29, 1.82) is 0 Å². The molecule has 0 radical (unpaired) electrons. The molecule has 0 aliphatic carbocycles. The molecule has 4 nitrogen and oxygen atoms in total. The van der Waals surface area contributed by atoms with Crippen molar-refractivity contribution < 1.29 is 9.59 Å². The molecule has 0 saturated heterocycles. The summed E-state index contributed by atoms with van der Waals surface area (Å²) in [5.74, 6) is -0.311. The molecule has 0 atom stereocenters. The zero-order valence-corrected chi connectivity index (χ0v) is 11.1. The van der Waals surface area contributed by atoms with Crippen LogP contribution in [0.3, 0.4) is 0 Å². The maximum absolute atomic E-state index is 11.6. The lowest BCUT2D eigenvalue weighted by Gasteiger charge is -2.05. The largest absolute Gasteiger partial charge is 0.370 e. The highest BCUT2D eigenvalue weighted by molar-refractivity contribution is 7.80. The second kappa shape index (κ2) is 7.76. The summed E-state index contributed by atoms with van der Waals surface area (Å²) in [6.07, 6.45) is 2.22. The predicted molar refractivity (Wildman–Crippen MR) is 73.5 cm³/mol. The van der Waals surface area contributed by atoms with Crippen molar-refractivity contribution in [2.24, 2.45) is 5.73 Å². The van der Waals surface area contributed by atoms with Gasteiger partial charge in [0.05, 0.1) is 6.42 Å². The number of carbonyl (C=O) groups excluding carboxylic acids is 2. The monoisotopic (exact) mass is 266 g/mol. The summed E-state index contributed by atoms with van der Waals surface area (Å²) in [5, 5.41) is 2.81. The predicted octanol–water partition coefficient (Wildman–Crippen LogP) is 1.29. The molecule has 5 heteroatoms. The van der Waals surface area contributed by atoms with Crippen LogP contribution in [0.25, 0.3) is 0 Å². The first-order valence-electron chi connectivity index (χ1n) is 5.91. The molecule has 98 valence electrons. The standard InChI is InChI=1S/C13H18N2O2S/c14-12(16)3-1-2-8-15-13(17)9-10-4-6-11(18)7-5-10/h4-7,18H,1-3,8-9H2,(H2,14,16)(H,15,17). The summed E-state index contributed by atoms with van der Waals surface area (Å²) in [6.45, 7) is 0.580. The molecule has 0 aliphatic rings. The topological polar surface area (TPSA) is 72.2 Å². The third kappa shape index (κ3) is 6.30. The van der Waals surface area contributed by atoms with Crippen LogP contribution in [-0.2, 0) is 16.0 Å². The van der Waals surface area contributed by atoms with Gasteiger partial charge in [-0.2, -0.15) is 0 Å². The van der Waals surface area contributed by atoms with Crippen LogP contribution in [0.2, 0.25) is 0 Å². The van der Waals surface area contributed by atoms with E-state index < -0.39 is 0 Å². The Morgan fingerprint density at radius 3 is 2.44 bits per heavy atom. The Balaban J connectivity index is 2.17. The minimum atomic E-state index is -0.298. The van der Waals surface area contributed by atoms with E-state index in [1.165, 1.54) is 0 Å². The highest BCUT2D eigenvalue weighted by Gasteiger charge is 2.02. The molecule has 0 spiro atoms. The van der Waals surface area contributed by atoms with Crippen LogP contribution in [0, 0.1) is 0 Å². The van der Waals surface area contributed by atoms with E-state index in [-0.39, 0.29) is 11.8 Å². The molecule has 0 bridgehead atoms. The molecule has 18 heavy (non-hydrogen) atoms. The minimum absolute atomic E-state index is 0.0130. The Kier molecular flexibility index (Phi) is 6.28. The fourth-order valence-corrected chi connectivity index (χ4v) is 1.66. The third-order valence-corrected chi connectivity index (χ3v) is 2.77. The Hall–Kier alpha value is -1.49. The molecular weight excluding hydrogens is 248 g/mol. The molecule has 1 aromatic rings. The average molecular weight is 266 g/mol. The van der Waals surface area contributed by atoms with Crippen molar-refractivity contribution in [3.63, 3.8) is 0 Å². The van der Waals surface area contributed by atoms with Crippen molar-refractivity contribution in [2.75, 3.05) is 6.54 Å². The Labute approximate surface area is 112 Å². The summed E-state index contributed by atoms with van der Waals surface area (Å²) in [5.41, 5.74) is 5.98. The van der Waals surface area contributed by atoms with Crippen LogP contribution >= 0.6 is 12.6 Å². The van der Waals surface area contributed by atoms with E-state index in [4.69, 9.17) is 5.73 Å². The minimum Gasteiger partial charge on any atom is -0.370 e. The van der Waals surface area contributed by atoms with E-state index >= 15 is 0 Å². The number of hydrogen-bond donors (Lipinski definition) is 3. The van der Waals surface area contributed by atoms with E-state index in [1.807, 2.05) is 24.3 Å². The van der Waals surface area contributed by atoms with E-state index in [2.05, 4.69) is 17.9 Å². The Morgan fingerprint density at radius 1 is 1.17 bits per heavy atom. The molecule has 0 aromatic heterocycles. The first-order chi connectivity index (χ1) is 8.58. The van der Waals surface area contributed by atoms with Crippen molar-refractivity contribution in [1.82, 2.24) is 5.32 Å². The summed E-state index contributed by atoms with van der Waals surface area (Å²) in [7, 11) is 0. The molecule has 2 amide bonds. The second-order valence-corrected chi connectivity index (χ2v) is 4.63. The first kappa shape index (κ1) is 14.6. The van der Waals surface area contributed by atoms with Gasteiger partial charge in [0.25, 0.3) is 0 Å². The second-order valence-electron chi connectivity index (χ2n) is 4.12. The van der Waals surface area contributed by atoms with Gasteiger partial charge in [0.1, 0.15) is 0 Å². The van der Waals surface area contributed by atoms with Gasteiger partial charge in [-0.05, 0) is 30.5 Å². The summed E-state index contributed by atoms with van der Waals surface area (Å²) in [6, 6.07) is 7.49. The maximum atomic E-state index is 11.6. The smallest absolute Gasteiger partial charge is 0.224 e. The lowest BCUT2D eigenvalue weighted by atomic mass is 10.1. The number of unbranched alkanes of at least 4 members (excludes halogenated alkanes) is 1. The lowest BCUT2D eigenvalue weighted by molar-refractivity contribution is -0.120. The molecule has 0 heterocycles. The molecule has 0 unspecified atom stereocenters. The fourth-order valence-electron chi connectivity index (χ4n) is 1.51. The highest BCUT2D eigenvalue weighted by Crippen LogP contribution is 2.08. The Morgan fingerprint density at radius 2 is 1.83 bits per heavy atom. The summed E-state index contributed by atoms with van der Waals surface area (Å²) >= 11 is 4.18. The SMILES string of the molecule is NC(=O)CCCCNC(=O)Cc1ccc(S)cc1. The van der Waals surface area contributed by atoms with Gasteiger partial charge in [0.2, 0.25) is 11.8 Å². The number of thiol groups is 1. The average Bonchev–Trinajstić information content (AvgIpc) is 2.31.